The average Bonchev–Trinajstić information content (AvgIpc) is 3.04. The molecule has 2 saturated carbocycles. The zero-order valence-corrected chi connectivity index (χ0v) is 12.1. The standard InChI is InChI=1S/C16H22ClNO/c17-14-11-12(16(18)9-3-4-10-16)7-8-15(14)19-13-5-1-2-6-13/h7-8,11,13H,1-6,9-10,18H2. The lowest BCUT2D eigenvalue weighted by molar-refractivity contribution is 0.210. The number of nitrogens with two attached hydrogens (primary N) is 1. The van der Waals surface area contributed by atoms with E-state index in [1.54, 1.807) is 0 Å². The highest BCUT2D eigenvalue weighted by Crippen LogP contribution is 2.39. The van der Waals surface area contributed by atoms with Gasteiger partial charge in [-0.25, -0.2) is 0 Å². The molecule has 2 aliphatic rings. The van der Waals surface area contributed by atoms with Crippen molar-refractivity contribution in [1.29, 1.82) is 0 Å². The summed E-state index contributed by atoms with van der Waals surface area (Å²) >= 11 is 6.37. The van der Waals surface area contributed by atoms with Crippen LogP contribution >= 0.6 is 11.6 Å². The highest BCUT2D eigenvalue weighted by molar-refractivity contribution is 6.32. The van der Waals surface area contributed by atoms with Crippen LogP contribution in [-0.2, 0) is 5.54 Å². The van der Waals surface area contributed by atoms with E-state index in [2.05, 4.69) is 6.07 Å². The van der Waals surface area contributed by atoms with Crippen LogP contribution in [0.25, 0.3) is 0 Å². The van der Waals surface area contributed by atoms with Gasteiger partial charge in [-0.1, -0.05) is 30.5 Å². The molecule has 3 rings (SSSR count). The predicted octanol–water partition coefficient (Wildman–Crippen LogP) is 4.39. The predicted molar refractivity (Wildman–Crippen MR) is 78.7 cm³/mol. The van der Waals surface area contributed by atoms with Gasteiger partial charge in [0.1, 0.15) is 5.75 Å². The Kier molecular flexibility index (Phi) is 3.72. The zero-order valence-electron chi connectivity index (χ0n) is 11.3. The Balaban J connectivity index is 1.77. The second kappa shape index (κ2) is 5.34. The van der Waals surface area contributed by atoms with E-state index < -0.39 is 0 Å². The van der Waals surface area contributed by atoms with E-state index in [9.17, 15) is 0 Å². The summed E-state index contributed by atoms with van der Waals surface area (Å²) in [5.41, 5.74) is 7.45. The van der Waals surface area contributed by atoms with E-state index in [0.717, 1.165) is 37.0 Å². The van der Waals surface area contributed by atoms with Crippen LogP contribution < -0.4 is 10.5 Å². The van der Waals surface area contributed by atoms with Crippen molar-refractivity contribution < 1.29 is 4.74 Å². The molecule has 3 heteroatoms. The highest BCUT2D eigenvalue weighted by Gasteiger charge is 2.31. The summed E-state index contributed by atoms with van der Waals surface area (Å²) in [5, 5.41) is 0.709. The number of benzene rings is 1. The van der Waals surface area contributed by atoms with Crippen molar-refractivity contribution >= 4 is 11.6 Å². The topological polar surface area (TPSA) is 35.2 Å². The minimum Gasteiger partial charge on any atom is -0.489 e. The first-order valence-electron chi connectivity index (χ1n) is 7.43. The van der Waals surface area contributed by atoms with Gasteiger partial charge in [-0.15, -0.1) is 0 Å². The lowest BCUT2D eigenvalue weighted by atomic mass is 9.89. The number of ether oxygens (including phenoxy) is 1. The number of hydrogen-bond acceptors (Lipinski definition) is 2. The number of halogens is 1. The molecular weight excluding hydrogens is 258 g/mol. The molecule has 0 bridgehead atoms. The van der Waals surface area contributed by atoms with Crippen LogP contribution in [0.15, 0.2) is 18.2 Å². The molecule has 2 N–H and O–H groups in total. The Bertz CT molecular complexity index is 448. The first-order valence-corrected chi connectivity index (χ1v) is 7.81. The monoisotopic (exact) mass is 279 g/mol. The summed E-state index contributed by atoms with van der Waals surface area (Å²) in [7, 11) is 0. The normalized spacial score (nSPS) is 22.8. The molecule has 0 amide bonds. The molecule has 2 nitrogen and oxygen atoms in total. The van der Waals surface area contributed by atoms with Crippen molar-refractivity contribution in [1.82, 2.24) is 0 Å². The van der Waals surface area contributed by atoms with Crippen LogP contribution in [0, 0.1) is 0 Å². The summed E-state index contributed by atoms with van der Waals surface area (Å²) in [6.07, 6.45) is 9.75. The van der Waals surface area contributed by atoms with Gasteiger partial charge >= 0.3 is 0 Å². The zero-order chi connectivity index (χ0) is 13.3. The smallest absolute Gasteiger partial charge is 0.138 e. The first-order chi connectivity index (χ1) is 9.17. The van der Waals surface area contributed by atoms with Crippen molar-refractivity contribution in [2.75, 3.05) is 0 Å². The second-order valence-corrected chi connectivity index (χ2v) is 6.44. The largest absolute Gasteiger partial charge is 0.489 e. The quantitative estimate of drug-likeness (QED) is 0.891. The van der Waals surface area contributed by atoms with Gasteiger partial charge in [0.25, 0.3) is 0 Å². The van der Waals surface area contributed by atoms with E-state index in [0.29, 0.717) is 11.1 Å². The molecule has 0 spiro atoms. The number of rotatable bonds is 3. The van der Waals surface area contributed by atoms with E-state index >= 15 is 0 Å². The Morgan fingerprint density at radius 1 is 1.11 bits per heavy atom. The van der Waals surface area contributed by atoms with Gasteiger partial charge < -0.3 is 10.5 Å². The van der Waals surface area contributed by atoms with Crippen LogP contribution in [0.1, 0.15) is 56.9 Å². The van der Waals surface area contributed by atoms with E-state index in [4.69, 9.17) is 22.1 Å². The highest BCUT2D eigenvalue weighted by atomic mass is 35.5. The van der Waals surface area contributed by atoms with Crippen molar-refractivity contribution in [2.24, 2.45) is 5.73 Å². The SMILES string of the molecule is NC1(c2ccc(OC3CCCC3)c(Cl)c2)CCCC1. The minimum atomic E-state index is -0.171. The summed E-state index contributed by atoms with van der Waals surface area (Å²) in [4.78, 5) is 0. The molecule has 0 saturated heterocycles. The molecular formula is C16H22ClNO. The van der Waals surface area contributed by atoms with Gasteiger partial charge in [-0.05, 0) is 56.2 Å². The molecule has 0 aliphatic heterocycles. The Morgan fingerprint density at radius 3 is 2.42 bits per heavy atom. The van der Waals surface area contributed by atoms with E-state index in [1.165, 1.54) is 25.7 Å². The van der Waals surface area contributed by atoms with Gasteiger partial charge in [0.2, 0.25) is 0 Å². The molecule has 2 aliphatic carbocycles. The molecule has 0 aromatic heterocycles. The van der Waals surface area contributed by atoms with E-state index in [-0.39, 0.29) is 5.54 Å². The van der Waals surface area contributed by atoms with Gasteiger partial charge in [0.15, 0.2) is 0 Å². The third kappa shape index (κ3) is 2.75. The summed E-state index contributed by atoms with van der Waals surface area (Å²) < 4.78 is 5.98. The Labute approximate surface area is 120 Å². The molecule has 104 valence electrons. The fourth-order valence-electron chi connectivity index (χ4n) is 3.39. The molecule has 0 atom stereocenters. The fraction of sp³-hybridized carbons (Fsp3) is 0.625. The maximum atomic E-state index is 6.46. The van der Waals surface area contributed by atoms with Crippen molar-refractivity contribution in [2.45, 2.75) is 63.0 Å². The lowest BCUT2D eigenvalue weighted by Gasteiger charge is -2.25. The third-order valence-corrected chi connectivity index (χ3v) is 4.89. The summed E-state index contributed by atoms with van der Waals surface area (Å²) in [5.74, 6) is 0.818. The molecule has 1 aromatic rings. The first kappa shape index (κ1) is 13.3. The minimum absolute atomic E-state index is 0.171. The summed E-state index contributed by atoms with van der Waals surface area (Å²) in [6, 6.07) is 6.11. The fourth-order valence-corrected chi connectivity index (χ4v) is 3.61. The lowest BCUT2D eigenvalue weighted by Crippen LogP contribution is -2.33. The van der Waals surface area contributed by atoms with Gasteiger partial charge in [-0.2, -0.15) is 0 Å². The van der Waals surface area contributed by atoms with E-state index in [1.807, 2.05) is 12.1 Å². The second-order valence-electron chi connectivity index (χ2n) is 6.03. The van der Waals surface area contributed by atoms with Crippen LogP contribution in [0.2, 0.25) is 5.02 Å². The van der Waals surface area contributed by atoms with Gasteiger partial charge in [0.05, 0.1) is 11.1 Å². The van der Waals surface area contributed by atoms with Crippen molar-refractivity contribution in [3.05, 3.63) is 28.8 Å². The molecule has 19 heavy (non-hydrogen) atoms. The summed E-state index contributed by atoms with van der Waals surface area (Å²) in [6.45, 7) is 0. The molecule has 2 fully saturated rings. The molecule has 0 heterocycles. The molecule has 1 aromatic carbocycles. The maximum Gasteiger partial charge on any atom is 0.138 e. The average molecular weight is 280 g/mol. The number of hydrogen-bond donors (Lipinski definition) is 1. The van der Waals surface area contributed by atoms with Crippen LogP contribution in [-0.4, -0.2) is 6.10 Å². The Morgan fingerprint density at radius 2 is 1.79 bits per heavy atom. The molecule has 0 radical (unpaired) electrons. The van der Waals surface area contributed by atoms with Gasteiger partial charge in [-0.3, -0.25) is 0 Å². The third-order valence-electron chi connectivity index (χ3n) is 4.60. The van der Waals surface area contributed by atoms with Crippen LogP contribution in [0.4, 0.5) is 0 Å². The maximum absolute atomic E-state index is 6.46. The van der Waals surface area contributed by atoms with Crippen LogP contribution in [0.3, 0.4) is 0 Å². The van der Waals surface area contributed by atoms with Crippen molar-refractivity contribution in [3.63, 3.8) is 0 Å². The Hall–Kier alpha value is -0.730. The van der Waals surface area contributed by atoms with Crippen LogP contribution in [0.5, 0.6) is 5.75 Å². The van der Waals surface area contributed by atoms with Crippen molar-refractivity contribution in [3.8, 4) is 5.75 Å². The molecule has 0 unspecified atom stereocenters. The van der Waals surface area contributed by atoms with Gasteiger partial charge in [0, 0.05) is 5.54 Å².